The number of nitrogens with zero attached hydrogens (tertiary/aromatic N) is 3. The largest absolute Gasteiger partial charge is 0.457 e. The Morgan fingerprint density at radius 2 is 1.55 bits per heavy atom. The van der Waals surface area contributed by atoms with Gasteiger partial charge in [-0.15, -0.1) is 24.8 Å². The zero-order valence-corrected chi connectivity index (χ0v) is 29.4. The Kier molecular flexibility index (Phi) is 16.3. The zero-order chi connectivity index (χ0) is 32.4. The topological polar surface area (TPSA) is 94.2 Å². The molecule has 260 valence electrons. The normalized spacial score (nSPS) is 13.8. The van der Waals surface area contributed by atoms with Crippen LogP contribution in [0, 0.1) is 11.6 Å². The summed E-state index contributed by atoms with van der Waals surface area (Å²) in [5.74, 6) is -0.298. The van der Waals surface area contributed by atoms with Crippen LogP contribution in [-0.2, 0) is 16.6 Å². The predicted molar refractivity (Wildman–Crippen MR) is 186 cm³/mol. The van der Waals surface area contributed by atoms with Crippen molar-refractivity contribution in [1.82, 2.24) is 19.4 Å². The van der Waals surface area contributed by atoms with E-state index in [0.717, 1.165) is 63.0 Å². The molecule has 0 unspecified atom stereocenters. The van der Waals surface area contributed by atoms with Crippen molar-refractivity contribution in [3.63, 3.8) is 0 Å². The number of likely N-dealkylation sites (N-methyl/N-ethyl adjacent to an activating group) is 1. The van der Waals surface area contributed by atoms with Crippen molar-refractivity contribution in [1.29, 1.82) is 0 Å². The molecule has 0 aromatic heterocycles. The molecule has 0 saturated carbocycles. The lowest BCUT2D eigenvalue weighted by Crippen LogP contribution is -2.49. The molecule has 1 heterocycles. The first-order chi connectivity index (χ1) is 21.5. The molecule has 1 aliphatic rings. The Bertz CT molecular complexity index is 1510. The standard InChI is InChI=1S/C33H43F2N5O4S.2ClH/c1-4-5-19-40(33(41)37-32-15-8-26(34)23-31(32)35)27-16-20-39(21-17-27)24-25-6-9-28(10-7-25)44-29-11-13-30(14-12-29)45(42,43)36-18-22-38(2)3;;/h6-15,23,27,36H,4-5,16-22,24H2,1-3H3,(H,37,41);2*1H. The molecule has 0 spiro atoms. The molecular formula is C33H45Cl2F2N5O4S. The monoisotopic (exact) mass is 715 g/mol. The summed E-state index contributed by atoms with van der Waals surface area (Å²) in [5, 5.41) is 2.63. The second kappa shape index (κ2) is 19.1. The van der Waals surface area contributed by atoms with Crippen LogP contribution in [0.3, 0.4) is 0 Å². The van der Waals surface area contributed by atoms with Crippen molar-refractivity contribution in [3.8, 4) is 11.5 Å². The molecule has 9 nitrogen and oxygen atoms in total. The van der Waals surface area contributed by atoms with Gasteiger partial charge in [-0.25, -0.2) is 26.7 Å². The van der Waals surface area contributed by atoms with Crippen LogP contribution in [0.1, 0.15) is 38.2 Å². The summed E-state index contributed by atoms with van der Waals surface area (Å²) in [6.45, 7) is 5.93. The van der Waals surface area contributed by atoms with Gasteiger partial charge in [-0.05, 0) is 87.5 Å². The molecule has 1 saturated heterocycles. The molecule has 14 heteroatoms. The number of piperidine rings is 1. The highest BCUT2D eigenvalue weighted by atomic mass is 35.5. The van der Waals surface area contributed by atoms with Crippen LogP contribution in [0.25, 0.3) is 0 Å². The number of hydrogen-bond donors (Lipinski definition) is 2. The smallest absolute Gasteiger partial charge is 0.322 e. The number of halogens is 4. The van der Waals surface area contributed by atoms with E-state index in [2.05, 4.69) is 21.9 Å². The van der Waals surface area contributed by atoms with Gasteiger partial charge in [0.05, 0.1) is 10.6 Å². The summed E-state index contributed by atoms with van der Waals surface area (Å²) >= 11 is 0. The fourth-order valence-electron chi connectivity index (χ4n) is 5.18. The van der Waals surface area contributed by atoms with E-state index in [0.29, 0.717) is 31.1 Å². The van der Waals surface area contributed by atoms with Crippen molar-refractivity contribution in [2.24, 2.45) is 0 Å². The van der Waals surface area contributed by atoms with Crippen LogP contribution in [0.15, 0.2) is 71.6 Å². The molecule has 0 aliphatic carbocycles. The number of likely N-dealkylation sites (tertiary alicyclic amines) is 1. The van der Waals surface area contributed by atoms with Gasteiger partial charge in [0.1, 0.15) is 23.1 Å². The molecule has 1 fully saturated rings. The maximum Gasteiger partial charge on any atom is 0.322 e. The van der Waals surface area contributed by atoms with Crippen LogP contribution in [0.2, 0.25) is 0 Å². The van der Waals surface area contributed by atoms with Gasteiger partial charge in [0, 0.05) is 51.4 Å². The minimum Gasteiger partial charge on any atom is -0.457 e. The Labute approximate surface area is 289 Å². The fourth-order valence-corrected chi connectivity index (χ4v) is 6.20. The molecule has 47 heavy (non-hydrogen) atoms. The van der Waals surface area contributed by atoms with E-state index in [4.69, 9.17) is 4.74 Å². The van der Waals surface area contributed by atoms with Crippen molar-refractivity contribution < 1.29 is 26.7 Å². The van der Waals surface area contributed by atoms with Gasteiger partial charge in [0.25, 0.3) is 0 Å². The minimum atomic E-state index is -3.58. The molecule has 2 N–H and O–H groups in total. The SMILES string of the molecule is CCCCN(C(=O)Nc1ccc(F)cc1F)C1CCN(Cc2ccc(Oc3ccc(S(=O)(=O)NCCN(C)C)cc3)cc2)CC1.Cl.Cl. The van der Waals surface area contributed by atoms with Gasteiger partial charge in [-0.3, -0.25) is 4.90 Å². The number of unbranched alkanes of at least 4 members (excludes halogenated alkanes) is 1. The number of sulfonamides is 1. The van der Waals surface area contributed by atoms with Crippen LogP contribution in [-0.4, -0.2) is 82.0 Å². The van der Waals surface area contributed by atoms with Crippen molar-refractivity contribution in [2.45, 2.75) is 50.1 Å². The van der Waals surface area contributed by atoms with Gasteiger partial charge in [0.15, 0.2) is 0 Å². The third kappa shape index (κ3) is 12.2. The lowest BCUT2D eigenvalue weighted by atomic mass is 10.0. The maximum absolute atomic E-state index is 14.2. The average molecular weight is 717 g/mol. The number of ether oxygens (including phenoxy) is 1. The third-order valence-electron chi connectivity index (χ3n) is 7.73. The summed E-state index contributed by atoms with van der Waals surface area (Å²) in [4.78, 5) is 19.3. The Morgan fingerprint density at radius 1 is 0.936 bits per heavy atom. The first kappa shape index (κ1) is 40.2. The number of urea groups is 1. The number of carbonyl (C=O) groups is 1. The number of hydrogen-bond acceptors (Lipinski definition) is 6. The zero-order valence-electron chi connectivity index (χ0n) is 27.0. The lowest BCUT2D eigenvalue weighted by molar-refractivity contribution is 0.122. The van der Waals surface area contributed by atoms with Gasteiger partial charge in [-0.2, -0.15) is 0 Å². The van der Waals surface area contributed by atoms with E-state index < -0.39 is 21.7 Å². The number of rotatable bonds is 14. The van der Waals surface area contributed by atoms with E-state index in [1.54, 1.807) is 17.0 Å². The van der Waals surface area contributed by atoms with Crippen LogP contribution in [0.5, 0.6) is 11.5 Å². The molecule has 0 bridgehead atoms. The molecule has 3 aromatic carbocycles. The van der Waals surface area contributed by atoms with Crippen molar-refractivity contribution in [2.75, 3.05) is 52.1 Å². The number of amides is 2. The second-order valence-corrected chi connectivity index (χ2v) is 13.3. The quantitative estimate of drug-likeness (QED) is 0.192. The van der Waals surface area contributed by atoms with Crippen LogP contribution < -0.4 is 14.8 Å². The molecule has 0 atom stereocenters. The molecule has 4 rings (SSSR count). The van der Waals surface area contributed by atoms with Crippen LogP contribution >= 0.6 is 24.8 Å². The van der Waals surface area contributed by atoms with Gasteiger partial charge >= 0.3 is 6.03 Å². The Balaban J connectivity index is 0.00000384. The van der Waals surface area contributed by atoms with E-state index in [9.17, 15) is 22.0 Å². The summed E-state index contributed by atoms with van der Waals surface area (Å²) in [6.07, 6.45) is 3.35. The highest BCUT2D eigenvalue weighted by molar-refractivity contribution is 7.89. The molecule has 0 radical (unpaired) electrons. The van der Waals surface area contributed by atoms with Crippen molar-refractivity contribution >= 4 is 46.6 Å². The molecule has 1 aliphatic heterocycles. The average Bonchev–Trinajstić information content (AvgIpc) is 3.00. The molecule has 2 amide bonds. The summed E-state index contributed by atoms with van der Waals surface area (Å²) in [6, 6.07) is 16.9. The Morgan fingerprint density at radius 3 is 2.13 bits per heavy atom. The van der Waals surface area contributed by atoms with Gasteiger partial charge < -0.3 is 19.9 Å². The van der Waals surface area contributed by atoms with E-state index in [1.165, 1.54) is 18.2 Å². The van der Waals surface area contributed by atoms with E-state index in [-0.39, 0.29) is 47.5 Å². The third-order valence-corrected chi connectivity index (χ3v) is 9.21. The van der Waals surface area contributed by atoms with Crippen LogP contribution in [0.4, 0.5) is 19.3 Å². The Hall–Kier alpha value is -3.00. The van der Waals surface area contributed by atoms with Gasteiger partial charge in [0.2, 0.25) is 10.0 Å². The van der Waals surface area contributed by atoms with E-state index in [1.807, 2.05) is 43.3 Å². The first-order valence-corrected chi connectivity index (χ1v) is 16.8. The highest BCUT2D eigenvalue weighted by Crippen LogP contribution is 2.25. The first-order valence-electron chi connectivity index (χ1n) is 15.3. The summed E-state index contributed by atoms with van der Waals surface area (Å²) in [5.41, 5.74) is 1.10. The lowest BCUT2D eigenvalue weighted by Gasteiger charge is -2.38. The highest BCUT2D eigenvalue weighted by Gasteiger charge is 2.28. The second-order valence-electron chi connectivity index (χ2n) is 11.5. The number of nitrogens with one attached hydrogen (secondary N) is 2. The fraction of sp³-hybridized carbons (Fsp3) is 0.424. The van der Waals surface area contributed by atoms with Crippen molar-refractivity contribution in [3.05, 3.63) is 83.9 Å². The number of anilines is 1. The summed E-state index contributed by atoms with van der Waals surface area (Å²) in [7, 11) is 0.181. The number of carbonyl (C=O) groups excluding carboxylic acids is 1. The number of benzene rings is 3. The van der Waals surface area contributed by atoms with E-state index >= 15 is 0 Å². The predicted octanol–water partition coefficient (Wildman–Crippen LogP) is 6.74. The molecular weight excluding hydrogens is 671 g/mol. The summed E-state index contributed by atoms with van der Waals surface area (Å²) < 4.78 is 60.9. The minimum absolute atomic E-state index is 0. The van der Waals surface area contributed by atoms with Gasteiger partial charge in [-0.1, -0.05) is 25.5 Å². The maximum atomic E-state index is 14.2. The molecule has 3 aromatic rings.